The van der Waals surface area contributed by atoms with Crippen LogP contribution in [0.3, 0.4) is 0 Å². The molecule has 24 heavy (non-hydrogen) atoms. The van der Waals surface area contributed by atoms with Crippen LogP contribution in [0.25, 0.3) is 0 Å². The molecule has 126 valence electrons. The molecule has 0 radical (unpaired) electrons. The lowest BCUT2D eigenvalue weighted by molar-refractivity contribution is -0.153. The van der Waals surface area contributed by atoms with E-state index < -0.39 is 18.0 Å². The van der Waals surface area contributed by atoms with E-state index in [-0.39, 0.29) is 12.3 Å². The highest BCUT2D eigenvalue weighted by atomic mass is 35.5. The van der Waals surface area contributed by atoms with Crippen molar-refractivity contribution in [2.24, 2.45) is 0 Å². The second kappa shape index (κ2) is 8.45. The number of carbonyl (C=O) groups excluding carboxylic acids is 2. The maximum atomic E-state index is 12.0. The van der Waals surface area contributed by atoms with E-state index in [0.29, 0.717) is 10.8 Å². The lowest BCUT2D eigenvalue weighted by Gasteiger charge is -2.15. The maximum Gasteiger partial charge on any atom is 0.307 e. The van der Waals surface area contributed by atoms with Gasteiger partial charge >= 0.3 is 5.97 Å². The Morgan fingerprint density at radius 3 is 2.50 bits per heavy atom. The van der Waals surface area contributed by atoms with E-state index in [1.54, 1.807) is 12.1 Å². The fraction of sp³-hybridized carbons (Fsp3) is 0.278. The number of nitrogens with zero attached hydrogens (tertiary/aromatic N) is 1. The van der Waals surface area contributed by atoms with Gasteiger partial charge in [0.25, 0.3) is 5.91 Å². The third-order valence-corrected chi connectivity index (χ3v) is 3.72. The molecule has 2 atom stereocenters. The van der Waals surface area contributed by atoms with Crippen molar-refractivity contribution >= 4 is 29.3 Å². The molecule has 1 aromatic heterocycles. The number of rotatable bonds is 6. The SMILES string of the molecule is C[C@@H](OC(=O)C[C@H](C)c1ccccc1)C(=O)Nc1ccc(Cl)cn1. The maximum absolute atomic E-state index is 12.0. The Hall–Kier alpha value is -2.40. The number of esters is 1. The molecule has 1 N–H and O–H groups in total. The largest absolute Gasteiger partial charge is 0.453 e. The van der Waals surface area contributed by atoms with Gasteiger partial charge in [-0.3, -0.25) is 9.59 Å². The van der Waals surface area contributed by atoms with Crippen LogP contribution in [0.4, 0.5) is 5.82 Å². The molecule has 0 spiro atoms. The normalized spacial score (nSPS) is 13.0. The van der Waals surface area contributed by atoms with Gasteiger partial charge in [0, 0.05) is 6.20 Å². The first-order chi connectivity index (χ1) is 11.5. The molecule has 0 aliphatic heterocycles. The molecule has 1 amide bonds. The lowest BCUT2D eigenvalue weighted by atomic mass is 9.98. The Morgan fingerprint density at radius 1 is 1.17 bits per heavy atom. The van der Waals surface area contributed by atoms with Crippen molar-refractivity contribution in [2.45, 2.75) is 32.3 Å². The van der Waals surface area contributed by atoms with Crippen molar-refractivity contribution < 1.29 is 14.3 Å². The summed E-state index contributed by atoms with van der Waals surface area (Å²) in [5.41, 5.74) is 1.05. The zero-order valence-corrected chi connectivity index (χ0v) is 14.3. The molecule has 0 aliphatic rings. The summed E-state index contributed by atoms with van der Waals surface area (Å²) in [6, 6.07) is 12.9. The van der Waals surface area contributed by atoms with Gasteiger partial charge < -0.3 is 10.1 Å². The number of nitrogens with one attached hydrogen (secondary N) is 1. The minimum atomic E-state index is -0.905. The molecule has 5 nitrogen and oxygen atoms in total. The molecular formula is C18H19ClN2O3. The molecular weight excluding hydrogens is 328 g/mol. The van der Waals surface area contributed by atoms with Gasteiger partial charge in [0.15, 0.2) is 6.10 Å². The molecule has 6 heteroatoms. The number of aromatic nitrogens is 1. The summed E-state index contributed by atoms with van der Waals surface area (Å²) in [5.74, 6) is -0.486. The van der Waals surface area contributed by atoms with Gasteiger partial charge in [-0.1, -0.05) is 48.9 Å². The van der Waals surface area contributed by atoms with Crippen LogP contribution in [0.1, 0.15) is 31.7 Å². The van der Waals surface area contributed by atoms with Gasteiger partial charge in [0.05, 0.1) is 11.4 Å². The first-order valence-corrected chi connectivity index (χ1v) is 8.00. The summed E-state index contributed by atoms with van der Waals surface area (Å²) >= 11 is 5.73. The van der Waals surface area contributed by atoms with Crippen LogP contribution >= 0.6 is 11.6 Å². The molecule has 0 bridgehead atoms. The fourth-order valence-electron chi connectivity index (χ4n) is 2.13. The average Bonchev–Trinajstić information content (AvgIpc) is 2.57. The topological polar surface area (TPSA) is 68.3 Å². The summed E-state index contributed by atoms with van der Waals surface area (Å²) in [6.07, 6.45) is 0.730. The van der Waals surface area contributed by atoms with Gasteiger partial charge in [-0.2, -0.15) is 0 Å². The summed E-state index contributed by atoms with van der Waals surface area (Å²) < 4.78 is 5.20. The minimum absolute atomic E-state index is 0.0203. The van der Waals surface area contributed by atoms with Gasteiger partial charge in [-0.05, 0) is 30.5 Å². The van der Waals surface area contributed by atoms with E-state index in [0.717, 1.165) is 5.56 Å². The van der Waals surface area contributed by atoms with E-state index in [9.17, 15) is 9.59 Å². The molecule has 2 aromatic rings. The zero-order valence-electron chi connectivity index (χ0n) is 13.5. The minimum Gasteiger partial charge on any atom is -0.453 e. The van der Waals surface area contributed by atoms with Crippen molar-refractivity contribution in [1.82, 2.24) is 4.98 Å². The molecule has 0 fully saturated rings. The van der Waals surface area contributed by atoms with Crippen LogP contribution in [-0.4, -0.2) is 23.0 Å². The number of pyridine rings is 1. The van der Waals surface area contributed by atoms with Gasteiger partial charge in [-0.25, -0.2) is 4.98 Å². The number of anilines is 1. The predicted molar refractivity (Wildman–Crippen MR) is 92.9 cm³/mol. The predicted octanol–water partition coefficient (Wildman–Crippen LogP) is 3.80. The molecule has 0 saturated heterocycles. The molecule has 1 heterocycles. The van der Waals surface area contributed by atoms with Gasteiger partial charge in [-0.15, -0.1) is 0 Å². The van der Waals surface area contributed by atoms with E-state index in [4.69, 9.17) is 16.3 Å². The molecule has 0 saturated carbocycles. The van der Waals surface area contributed by atoms with Crippen molar-refractivity contribution in [3.63, 3.8) is 0 Å². The van der Waals surface area contributed by atoms with Crippen molar-refractivity contribution in [1.29, 1.82) is 0 Å². The number of carbonyl (C=O) groups is 2. The molecule has 0 aliphatic carbocycles. The first-order valence-electron chi connectivity index (χ1n) is 7.62. The van der Waals surface area contributed by atoms with Crippen LogP contribution in [0.2, 0.25) is 5.02 Å². The van der Waals surface area contributed by atoms with E-state index >= 15 is 0 Å². The Balaban J connectivity index is 1.84. The zero-order chi connectivity index (χ0) is 17.5. The number of ether oxygens (including phenoxy) is 1. The third kappa shape index (κ3) is 5.35. The quantitative estimate of drug-likeness (QED) is 0.808. The molecule has 1 aromatic carbocycles. The average molecular weight is 347 g/mol. The van der Waals surface area contributed by atoms with Crippen molar-refractivity contribution in [3.05, 3.63) is 59.2 Å². The monoisotopic (exact) mass is 346 g/mol. The Labute approximate surface area is 146 Å². The summed E-state index contributed by atoms with van der Waals surface area (Å²) in [4.78, 5) is 28.0. The molecule has 2 rings (SSSR count). The summed E-state index contributed by atoms with van der Waals surface area (Å²) in [7, 11) is 0. The highest BCUT2D eigenvalue weighted by Crippen LogP contribution is 2.19. The Kier molecular flexibility index (Phi) is 6.32. The fourth-order valence-corrected chi connectivity index (χ4v) is 2.24. The van der Waals surface area contributed by atoms with E-state index in [2.05, 4.69) is 10.3 Å². The number of amides is 1. The lowest BCUT2D eigenvalue weighted by Crippen LogP contribution is -2.30. The highest BCUT2D eigenvalue weighted by molar-refractivity contribution is 6.30. The number of halogens is 1. The standard InChI is InChI=1S/C18H19ClN2O3/c1-12(14-6-4-3-5-7-14)10-17(22)24-13(2)18(23)21-16-9-8-15(19)11-20-16/h3-9,11-13H,10H2,1-2H3,(H,20,21,23)/t12-,13+/m0/s1. The first kappa shape index (κ1) is 17.9. The van der Waals surface area contributed by atoms with Gasteiger partial charge in [0.1, 0.15) is 5.82 Å². The smallest absolute Gasteiger partial charge is 0.307 e. The van der Waals surface area contributed by atoms with Crippen molar-refractivity contribution in [3.8, 4) is 0 Å². The van der Waals surface area contributed by atoms with E-state index in [1.165, 1.54) is 13.1 Å². The Morgan fingerprint density at radius 2 is 1.88 bits per heavy atom. The highest BCUT2D eigenvalue weighted by Gasteiger charge is 2.20. The number of hydrogen-bond acceptors (Lipinski definition) is 4. The van der Waals surface area contributed by atoms with Crippen LogP contribution in [-0.2, 0) is 14.3 Å². The summed E-state index contributed by atoms with van der Waals surface area (Å²) in [6.45, 7) is 3.47. The van der Waals surface area contributed by atoms with Crippen LogP contribution < -0.4 is 5.32 Å². The second-order valence-electron chi connectivity index (χ2n) is 5.50. The van der Waals surface area contributed by atoms with Crippen LogP contribution in [0, 0.1) is 0 Å². The number of benzene rings is 1. The Bertz CT molecular complexity index is 689. The van der Waals surface area contributed by atoms with Gasteiger partial charge in [0.2, 0.25) is 0 Å². The third-order valence-electron chi connectivity index (χ3n) is 3.50. The second-order valence-corrected chi connectivity index (χ2v) is 5.94. The van der Waals surface area contributed by atoms with E-state index in [1.807, 2.05) is 37.3 Å². The molecule has 0 unspecified atom stereocenters. The summed E-state index contributed by atoms with van der Waals surface area (Å²) in [5, 5.41) is 3.05. The van der Waals surface area contributed by atoms with Crippen molar-refractivity contribution in [2.75, 3.05) is 5.32 Å². The number of hydrogen-bond donors (Lipinski definition) is 1. The van der Waals surface area contributed by atoms with Crippen LogP contribution in [0.15, 0.2) is 48.7 Å². The van der Waals surface area contributed by atoms with Crippen LogP contribution in [0.5, 0.6) is 0 Å².